The molecule has 2 aromatic heterocycles. The molecule has 3 aromatic rings. The number of rotatable bonds is 1. The zero-order valence-corrected chi connectivity index (χ0v) is 10.1. The molecule has 1 N–H and O–H groups in total. The average Bonchev–Trinajstić information content (AvgIpc) is 2.76. The van der Waals surface area contributed by atoms with Crippen molar-refractivity contribution in [1.29, 1.82) is 0 Å². The van der Waals surface area contributed by atoms with E-state index in [4.69, 9.17) is 12.2 Å². The van der Waals surface area contributed by atoms with E-state index in [1.165, 1.54) is 15.6 Å². The highest BCUT2D eigenvalue weighted by molar-refractivity contribution is 7.71. The Balaban J connectivity index is 2.33. The van der Waals surface area contributed by atoms with Gasteiger partial charge in [-0.1, -0.05) is 30.4 Å². The molecule has 2 heterocycles. The van der Waals surface area contributed by atoms with Gasteiger partial charge in [0.1, 0.15) is 0 Å². The van der Waals surface area contributed by atoms with Crippen LogP contribution in [0.15, 0.2) is 48.0 Å². The summed E-state index contributed by atoms with van der Waals surface area (Å²) < 4.78 is 2.17. The maximum absolute atomic E-state index is 5.19. The maximum atomic E-state index is 5.19. The highest BCUT2D eigenvalue weighted by atomic mass is 32.1. The molecule has 3 heteroatoms. The summed E-state index contributed by atoms with van der Waals surface area (Å²) in [5.41, 5.74) is 2.31. The molecule has 3 rings (SSSR count). The third-order valence-corrected chi connectivity index (χ3v) is 3.76. The van der Waals surface area contributed by atoms with E-state index in [0.717, 1.165) is 10.2 Å². The van der Waals surface area contributed by atoms with Crippen LogP contribution in [0.1, 0.15) is 0 Å². The molecular weight excluding hydrogens is 234 g/mol. The molecule has 0 aliphatic carbocycles. The fourth-order valence-corrected chi connectivity index (χ4v) is 2.92. The van der Waals surface area contributed by atoms with Crippen LogP contribution in [0.3, 0.4) is 0 Å². The Morgan fingerprint density at radius 3 is 2.94 bits per heavy atom. The van der Waals surface area contributed by atoms with E-state index in [0.29, 0.717) is 0 Å². The number of nitrogens with one attached hydrogen (secondary N) is 1. The van der Waals surface area contributed by atoms with Gasteiger partial charge in [0.25, 0.3) is 0 Å². The van der Waals surface area contributed by atoms with Gasteiger partial charge in [-0.25, -0.2) is 0 Å². The zero-order chi connectivity index (χ0) is 11.0. The summed E-state index contributed by atoms with van der Waals surface area (Å²) in [7, 11) is 0. The van der Waals surface area contributed by atoms with Crippen molar-refractivity contribution in [2.24, 2.45) is 0 Å². The minimum Gasteiger partial charge on any atom is -0.361 e. The number of aromatic amines is 1. The lowest BCUT2D eigenvalue weighted by molar-refractivity contribution is 1.33. The van der Waals surface area contributed by atoms with Crippen LogP contribution in [-0.2, 0) is 0 Å². The molecule has 0 unspecified atom stereocenters. The molecule has 0 bridgehead atoms. The van der Waals surface area contributed by atoms with Gasteiger partial charge in [-0.2, -0.15) is 0 Å². The average molecular weight is 243 g/mol. The van der Waals surface area contributed by atoms with E-state index in [1.807, 2.05) is 18.3 Å². The SMILES string of the molecule is S=c1cc[nH]c(-c2cccc3ccsc23)c1. The summed E-state index contributed by atoms with van der Waals surface area (Å²) in [6, 6.07) is 12.4. The summed E-state index contributed by atoms with van der Waals surface area (Å²) in [6.45, 7) is 0. The predicted molar refractivity (Wildman–Crippen MR) is 72.4 cm³/mol. The van der Waals surface area contributed by atoms with Crippen molar-refractivity contribution in [3.05, 3.63) is 52.5 Å². The van der Waals surface area contributed by atoms with Gasteiger partial charge in [-0.15, -0.1) is 11.3 Å². The fraction of sp³-hybridized carbons (Fsp3) is 0. The second kappa shape index (κ2) is 3.85. The first-order chi connectivity index (χ1) is 7.84. The monoisotopic (exact) mass is 243 g/mol. The Labute approximate surface area is 102 Å². The Bertz CT molecular complexity index is 694. The molecule has 1 nitrogen and oxygen atoms in total. The molecule has 16 heavy (non-hydrogen) atoms. The standard InChI is InChI=1S/C13H9NS2/c15-10-4-6-14-12(8-10)11-3-1-2-9-5-7-16-13(9)11/h1-8H,(H,14,15). The van der Waals surface area contributed by atoms with Crippen molar-refractivity contribution < 1.29 is 0 Å². The second-order valence-corrected chi connectivity index (χ2v) is 4.97. The van der Waals surface area contributed by atoms with Crippen molar-refractivity contribution in [1.82, 2.24) is 4.98 Å². The zero-order valence-electron chi connectivity index (χ0n) is 8.44. The number of aromatic nitrogens is 1. The molecule has 0 atom stereocenters. The minimum atomic E-state index is 0.863. The molecule has 0 radical (unpaired) electrons. The number of fused-ring (bicyclic) bond motifs is 1. The number of H-pyrrole nitrogens is 1. The van der Waals surface area contributed by atoms with Gasteiger partial charge >= 0.3 is 0 Å². The smallest absolute Gasteiger partial charge is 0.0482 e. The van der Waals surface area contributed by atoms with Crippen LogP contribution < -0.4 is 0 Å². The largest absolute Gasteiger partial charge is 0.361 e. The van der Waals surface area contributed by atoms with E-state index in [-0.39, 0.29) is 0 Å². The number of benzene rings is 1. The molecule has 0 fully saturated rings. The van der Waals surface area contributed by atoms with Crippen molar-refractivity contribution in [3.8, 4) is 11.3 Å². The van der Waals surface area contributed by atoms with E-state index in [9.17, 15) is 0 Å². The topological polar surface area (TPSA) is 15.8 Å². The normalized spacial score (nSPS) is 10.8. The Hall–Kier alpha value is -1.45. The Kier molecular flexibility index (Phi) is 2.35. The lowest BCUT2D eigenvalue weighted by Crippen LogP contribution is -1.82. The van der Waals surface area contributed by atoms with Crippen molar-refractivity contribution >= 4 is 33.6 Å². The molecule has 0 saturated carbocycles. The van der Waals surface area contributed by atoms with Gasteiger partial charge in [0.05, 0.1) is 0 Å². The number of thiophene rings is 1. The van der Waals surface area contributed by atoms with Crippen LogP contribution in [0.5, 0.6) is 0 Å². The molecule has 0 amide bonds. The quantitative estimate of drug-likeness (QED) is 0.616. The molecule has 0 aliphatic heterocycles. The van der Waals surface area contributed by atoms with E-state index in [1.54, 1.807) is 11.3 Å². The summed E-state index contributed by atoms with van der Waals surface area (Å²) in [5, 5.41) is 3.40. The molecular formula is C13H9NS2. The first kappa shape index (κ1) is 9.75. The van der Waals surface area contributed by atoms with Crippen LogP contribution >= 0.6 is 23.6 Å². The Morgan fingerprint density at radius 2 is 2.06 bits per heavy atom. The van der Waals surface area contributed by atoms with Crippen LogP contribution in [0.25, 0.3) is 21.3 Å². The van der Waals surface area contributed by atoms with Gasteiger partial charge < -0.3 is 4.98 Å². The molecule has 0 saturated heterocycles. The van der Waals surface area contributed by atoms with Crippen molar-refractivity contribution in [2.75, 3.05) is 0 Å². The first-order valence-electron chi connectivity index (χ1n) is 5.00. The van der Waals surface area contributed by atoms with Crippen molar-refractivity contribution in [2.45, 2.75) is 0 Å². The van der Waals surface area contributed by atoms with Gasteiger partial charge in [0.2, 0.25) is 0 Å². The van der Waals surface area contributed by atoms with Crippen LogP contribution in [0.4, 0.5) is 0 Å². The van der Waals surface area contributed by atoms with Gasteiger partial charge in [-0.3, -0.25) is 0 Å². The van der Waals surface area contributed by atoms with E-state index < -0.39 is 0 Å². The van der Waals surface area contributed by atoms with Crippen LogP contribution in [0.2, 0.25) is 0 Å². The third kappa shape index (κ3) is 1.58. The fourth-order valence-electron chi connectivity index (χ4n) is 1.81. The summed E-state index contributed by atoms with van der Waals surface area (Å²) >= 11 is 6.95. The number of hydrogen-bond acceptors (Lipinski definition) is 2. The van der Waals surface area contributed by atoms with E-state index in [2.05, 4.69) is 34.6 Å². The lowest BCUT2D eigenvalue weighted by atomic mass is 10.1. The summed E-state index contributed by atoms with van der Waals surface area (Å²) in [5.74, 6) is 0. The molecule has 1 aromatic carbocycles. The van der Waals surface area contributed by atoms with Gasteiger partial charge in [0.15, 0.2) is 0 Å². The lowest BCUT2D eigenvalue weighted by Gasteiger charge is -2.03. The summed E-state index contributed by atoms with van der Waals surface area (Å²) in [6.07, 6.45) is 1.89. The predicted octanol–water partition coefficient (Wildman–Crippen LogP) is 4.63. The molecule has 0 aliphatic rings. The third-order valence-electron chi connectivity index (χ3n) is 2.54. The first-order valence-corrected chi connectivity index (χ1v) is 6.29. The number of pyridine rings is 1. The number of hydrogen-bond donors (Lipinski definition) is 1. The summed E-state index contributed by atoms with van der Waals surface area (Å²) in [4.78, 5) is 3.25. The van der Waals surface area contributed by atoms with Gasteiger partial charge in [-0.05, 0) is 29.0 Å². The minimum absolute atomic E-state index is 0.863. The maximum Gasteiger partial charge on any atom is 0.0482 e. The van der Waals surface area contributed by atoms with Gasteiger partial charge in [0, 0.05) is 26.7 Å². The Morgan fingerprint density at radius 1 is 1.12 bits per heavy atom. The van der Waals surface area contributed by atoms with Crippen LogP contribution in [0, 0.1) is 4.51 Å². The van der Waals surface area contributed by atoms with Crippen LogP contribution in [-0.4, -0.2) is 4.98 Å². The van der Waals surface area contributed by atoms with E-state index >= 15 is 0 Å². The van der Waals surface area contributed by atoms with Crippen molar-refractivity contribution in [3.63, 3.8) is 0 Å². The highest BCUT2D eigenvalue weighted by Gasteiger charge is 2.04. The second-order valence-electron chi connectivity index (χ2n) is 3.58. The highest BCUT2D eigenvalue weighted by Crippen LogP contribution is 2.31. The molecule has 0 spiro atoms. The molecule has 78 valence electrons.